The van der Waals surface area contributed by atoms with Gasteiger partial charge in [0.2, 0.25) is 0 Å². The molecule has 0 bridgehead atoms. The SMILES string of the molecule is CCCCCCCC/C=C\CCCCCCCCN(C)CCS(=O)(=O)O.[NaH]. The molecule has 0 aliphatic heterocycles. The van der Waals surface area contributed by atoms with E-state index in [1.165, 1.54) is 83.5 Å². The van der Waals surface area contributed by atoms with Crippen molar-refractivity contribution in [3.8, 4) is 0 Å². The van der Waals surface area contributed by atoms with Crippen LogP contribution in [0.1, 0.15) is 96.8 Å². The van der Waals surface area contributed by atoms with E-state index in [2.05, 4.69) is 19.1 Å². The summed E-state index contributed by atoms with van der Waals surface area (Å²) in [5.41, 5.74) is 0. The summed E-state index contributed by atoms with van der Waals surface area (Å²) < 4.78 is 30.1. The van der Waals surface area contributed by atoms with Crippen LogP contribution in [0.2, 0.25) is 0 Å². The molecule has 0 aromatic heterocycles. The first-order valence-corrected chi connectivity index (χ1v) is 12.4. The molecule has 0 aromatic carbocycles. The fraction of sp³-hybridized carbons (Fsp3) is 0.905. The Morgan fingerprint density at radius 3 is 1.67 bits per heavy atom. The van der Waals surface area contributed by atoms with Gasteiger partial charge in [-0.2, -0.15) is 8.42 Å². The van der Waals surface area contributed by atoms with Gasteiger partial charge in [-0.25, -0.2) is 0 Å². The van der Waals surface area contributed by atoms with Crippen LogP contribution in [0.25, 0.3) is 0 Å². The first kappa shape index (κ1) is 29.8. The molecular weight excluding hydrogens is 369 g/mol. The summed E-state index contributed by atoms with van der Waals surface area (Å²) in [6.45, 7) is 3.57. The van der Waals surface area contributed by atoms with Gasteiger partial charge in [-0.1, -0.05) is 76.9 Å². The topological polar surface area (TPSA) is 57.6 Å². The zero-order valence-electron chi connectivity index (χ0n) is 17.3. The molecule has 0 rings (SSSR count). The van der Waals surface area contributed by atoms with Gasteiger partial charge in [0.25, 0.3) is 10.1 Å². The van der Waals surface area contributed by atoms with Gasteiger partial charge < -0.3 is 4.90 Å². The van der Waals surface area contributed by atoms with Crippen molar-refractivity contribution in [2.24, 2.45) is 0 Å². The molecule has 0 saturated carbocycles. The molecule has 0 unspecified atom stereocenters. The minimum atomic E-state index is -3.83. The van der Waals surface area contributed by atoms with Crippen molar-refractivity contribution >= 4 is 39.7 Å². The number of unbranched alkanes of at least 4 members (excludes halogenated alkanes) is 12. The van der Waals surface area contributed by atoms with Crippen LogP contribution < -0.4 is 0 Å². The van der Waals surface area contributed by atoms with Crippen LogP contribution in [0.4, 0.5) is 0 Å². The van der Waals surface area contributed by atoms with E-state index in [1.807, 2.05) is 11.9 Å². The molecular formula is C21H44NNaO3S. The van der Waals surface area contributed by atoms with E-state index in [9.17, 15) is 8.42 Å². The third-order valence-corrected chi connectivity index (χ3v) is 5.48. The predicted molar refractivity (Wildman–Crippen MR) is 121 cm³/mol. The van der Waals surface area contributed by atoms with Gasteiger partial charge in [0.1, 0.15) is 0 Å². The Morgan fingerprint density at radius 2 is 1.19 bits per heavy atom. The van der Waals surface area contributed by atoms with Crippen molar-refractivity contribution in [1.29, 1.82) is 0 Å². The summed E-state index contributed by atoms with van der Waals surface area (Å²) in [4.78, 5) is 1.97. The Bertz CT molecular complexity index is 427. The molecule has 1 N–H and O–H groups in total. The van der Waals surface area contributed by atoms with Gasteiger partial charge in [0, 0.05) is 6.54 Å². The van der Waals surface area contributed by atoms with Gasteiger partial charge >= 0.3 is 29.6 Å². The second-order valence-electron chi connectivity index (χ2n) is 7.53. The molecule has 4 nitrogen and oxygen atoms in total. The molecule has 27 heavy (non-hydrogen) atoms. The van der Waals surface area contributed by atoms with Crippen LogP contribution in [-0.4, -0.2) is 73.3 Å². The van der Waals surface area contributed by atoms with E-state index in [0.717, 1.165) is 13.0 Å². The minimum absolute atomic E-state index is 0. The molecule has 0 aliphatic rings. The Hall–Kier alpha value is 0.610. The second-order valence-corrected chi connectivity index (χ2v) is 9.10. The summed E-state index contributed by atoms with van der Waals surface area (Å²) in [5.74, 6) is -0.171. The number of allylic oxidation sites excluding steroid dienone is 2. The monoisotopic (exact) mass is 413 g/mol. The molecule has 0 amide bonds. The van der Waals surface area contributed by atoms with E-state index in [0.29, 0.717) is 6.54 Å². The van der Waals surface area contributed by atoms with Gasteiger partial charge in [-0.15, -0.1) is 0 Å². The first-order valence-electron chi connectivity index (χ1n) is 10.7. The molecule has 0 aliphatic carbocycles. The fourth-order valence-electron chi connectivity index (χ4n) is 3.01. The van der Waals surface area contributed by atoms with Crippen molar-refractivity contribution in [2.75, 3.05) is 25.9 Å². The van der Waals surface area contributed by atoms with Crippen molar-refractivity contribution < 1.29 is 13.0 Å². The standard InChI is InChI=1S/C21H43NO3S.Na.H/c1-3-4-5-6-7-8-9-10-11-12-13-14-15-16-17-18-19-22(2)20-21-26(23,24)25;;/h10-11H,3-9,12-21H2,1-2H3,(H,23,24,25);;/b11-10-;;. The second kappa shape index (κ2) is 21.3. The van der Waals surface area contributed by atoms with Crippen molar-refractivity contribution in [3.05, 3.63) is 12.2 Å². The Kier molecular flexibility index (Phi) is 23.5. The van der Waals surface area contributed by atoms with E-state index in [1.54, 1.807) is 0 Å². The van der Waals surface area contributed by atoms with Crippen LogP contribution in [0.3, 0.4) is 0 Å². The van der Waals surface area contributed by atoms with Crippen LogP contribution in [0.5, 0.6) is 0 Å². The molecule has 0 spiro atoms. The molecule has 6 heteroatoms. The summed E-state index contributed by atoms with van der Waals surface area (Å²) in [7, 11) is -1.92. The number of hydrogen-bond donors (Lipinski definition) is 1. The van der Waals surface area contributed by atoms with Crippen LogP contribution in [-0.2, 0) is 10.1 Å². The van der Waals surface area contributed by atoms with E-state index >= 15 is 0 Å². The average Bonchev–Trinajstić information content (AvgIpc) is 2.59. The summed E-state index contributed by atoms with van der Waals surface area (Å²) in [5, 5.41) is 0. The number of rotatable bonds is 19. The Labute approximate surface area is 191 Å². The maximum atomic E-state index is 10.7. The Balaban J connectivity index is 0. The van der Waals surface area contributed by atoms with Crippen molar-refractivity contribution in [1.82, 2.24) is 4.90 Å². The van der Waals surface area contributed by atoms with Crippen LogP contribution in [0, 0.1) is 0 Å². The van der Waals surface area contributed by atoms with Gasteiger partial charge in [0.15, 0.2) is 0 Å². The molecule has 0 saturated heterocycles. The normalized spacial score (nSPS) is 12.0. The molecule has 0 aromatic rings. The van der Waals surface area contributed by atoms with Crippen LogP contribution >= 0.6 is 0 Å². The molecule has 158 valence electrons. The Morgan fingerprint density at radius 1 is 0.741 bits per heavy atom. The zero-order chi connectivity index (χ0) is 19.5. The van der Waals surface area contributed by atoms with Gasteiger partial charge in [0.05, 0.1) is 5.75 Å². The number of nitrogens with zero attached hydrogens (tertiary/aromatic N) is 1. The molecule has 0 atom stereocenters. The quantitative estimate of drug-likeness (QED) is 0.137. The fourth-order valence-corrected chi connectivity index (χ4v) is 3.55. The molecule has 0 heterocycles. The third kappa shape index (κ3) is 26.6. The maximum absolute atomic E-state index is 10.7. The summed E-state index contributed by atoms with van der Waals surface area (Å²) >= 11 is 0. The van der Waals surface area contributed by atoms with Crippen molar-refractivity contribution in [3.63, 3.8) is 0 Å². The zero-order valence-corrected chi connectivity index (χ0v) is 18.1. The van der Waals surface area contributed by atoms with E-state index in [-0.39, 0.29) is 35.3 Å². The van der Waals surface area contributed by atoms with Gasteiger partial charge in [-0.3, -0.25) is 4.55 Å². The van der Waals surface area contributed by atoms with Crippen molar-refractivity contribution in [2.45, 2.75) is 96.8 Å². The van der Waals surface area contributed by atoms with E-state index < -0.39 is 10.1 Å². The van der Waals surface area contributed by atoms with Gasteiger partial charge in [-0.05, 0) is 45.7 Å². The van der Waals surface area contributed by atoms with Crippen LogP contribution in [0.15, 0.2) is 12.2 Å². The van der Waals surface area contributed by atoms with E-state index in [4.69, 9.17) is 4.55 Å². The third-order valence-electron chi connectivity index (χ3n) is 4.78. The summed E-state index contributed by atoms with van der Waals surface area (Å²) in [6.07, 6.45) is 22.9. The molecule has 0 fully saturated rings. The molecule has 0 radical (unpaired) electrons. The predicted octanol–water partition coefficient (Wildman–Crippen LogP) is 5.20. The average molecular weight is 414 g/mol. The number of hydrogen-bond acceptors (Lipinski definition) is 3. The summed E-state index contributed by atoms with van der Waals surface area (Å²) in [6, 6.07) is 0. The first-order chi connectivity index (χ1) is 12.5.